The third-order valence-corrected chi connectivity index (χ3v) is 5.67. The van der Waals surface area contributed by atoms with Crippen LogP contribution in [0.5, 0.6) is 0 Å². The lowest BCUT2D eigenvalue weighted by atomic mass is 10.0. The van der Waals surface area contributed by atoms with Gasteiger partial charge >= 0.3 is 0 Å². The number of benzene rings is 2. The molecule has 2 aliphatic heterocycles. The fraction of sp³-hybridized carbons (Fsp3) is 0.348. The Morgan fingerprint density at radius 2 is 1.93 bits per heavy atom. The topological polar surface area (TPSA) is 90.5 Å². The van der Waals surface area contributed by atoms with E-state index < -0.39 is 6.04 Å². The van der Waals surface area contributed by atoms with Gasteiger partial charge in [-0.3, -0.25) is 19.7 Å². The van der Waals surface area contributed by atoms with Crippen LogP contribution < -0.4 is 16.0 Å². The van der Waals surface area contributed by atoms with Crippen LogP contribution in [-0.2, 0) is 29.2 Å². The number of hydrogen-bond acceptors (Lipinski definition) is 5. The molecule has 2 aromatic rings. The first-order chi connectivity index (χ1) is 14.6. The first-order valence-corrected chi connectivity index (χ1v) is 10.4. The molecule has 2 aromatic carbocycles. The molecular weight excluding hydrogens is 380 g/mol. The second-order valence-electron chi connectivity index (χ2n) is 7.68. The van der Waals surface area contributed by atoms with Crippen molar-refractivity contribution in [3.63, 3.8) is 0 Å². The second kappa shape index (κ2) is 8.67. The molecule has 3 amide bonds. The summed E-state index contributed by atoms with van der Waals surface area (Å²) in [5, 5.41) is 9.12. The molecule has 2 heterocycles. The number of piperidine rings is 1. The van der Waals surface area contributed by atoms with E-state index in [1.165, 1.54) is 5.56 Å². The smallest absolute Gasteiger partial charge is 0.255 e. The Labute approximate surface area is 175 Å². The average molecular weight is 406 g/mol. The normalized spacial score (nSPS) is 18.4. The number of fused-ring (bicyclic) bond motifs is 1. The van der Waals surface area contributed by atoms with Crippen LogP contribution >= 0.6 is 0 Å². The van der Waals surface area contributed by atoms with Gasteiger partial charge in [0.15, 0.2) is 0 Å². The van der Waals surface area contributed by atoms with Crippen LogP contribution in [0.15, 0.2) is 42.5 Å². The first kappa shape index (κ1) is 20.1. The highest BCUT2D eigenvalue weighted by Gasteiger charge is 2.39. The van der Waals surface area contributed by atoms with Crippen LogP contribution in [0.3, 0.4) is 0 Å². The molecule has 3 N–H and O–H groups in total. The van der Waals surface area contributed by atoms with Crippen molar-refractivity contribution >= 4 is 23.4 Å². The molecule has 0 spiro atoms. The highest BCUT2D eigenvalue weighted by molar-refractivity contribution is 6.05. The fourth-order valence-corrected chi connectivity index (χ4v) is 4.07. The van der Waals surface area contributed by atoms with Gasteiger partial charge in [0, 0.05) is 37.3 Å². The average Bonchev–Trinajstić information content (AvgIpc) is 3.08. The summed E-state index contributed by atoms with van der Waals surface area (Å²) in [4.78, 5) is 38.2. The van der Waals surface area contributed by atoms with Gasteiger partial charge in [0.05, 0.1) is 0 Å². The van der Waals surface area contributed by atoms with Crippen LogP contribution in [0.4, 0.5) is 5.69 Å². The molecule has 2 aliphatic rings. The number of amides is 3. The highest BCUT2D eigenvalue weighted by atomic mass is 16.2. The van der Waals surface area contributed by atoms with E-state index in [2.05, 4.69) is 35.0 Å². The number of anilines is 1. The molecule has 0 radical (unpaired) electrons. The van der Waals surface area contributed by atoms with E-state index in [4.69, 9.17) is 0 Å². The van der Waals surface area contributed by atoms with Gasteiger partial charge in [0.1, 0.15) is 6.04 Å². The number of rotatable bonds is 7. The van der Waals surface area contributed by atoms with Crippen LogP contribution in [0.2, 0.25) is 0 Å². The van der Waals surface area contributed by atoms with E-state index in [0.717, 1.165) is 29.9 Å². The standard InChI is InChI=1S/C23H26N4O3/c1-2-24-12-15-5-3-7-17(11-15)25-13-16-6-4-8-18-19(16)14-27(23(18)30)20-9-10-21(28)26-22(20)29/h3-8,11,20,24-25H,2,9-10,12-14H2,1H3,(H,26,28,29). The molecule has 7 heteroatoms. The zero-order chi connectivity index (χ0) is 21.1. The van der Waals surface area contributed by atoms with E-state index in [9.17, 15) is 14.4 Å². The zero-order valence-corrected chi connectivity index (χ0v) is 17.0. The third kappa shape index (κ3) is 4.07. The number of imide groups is 1. The zero-order valence-electron chi connectivity index (χ0n) is 17.0. The number of carbonyl (C=O) groups is 3. The molecule has 0 aromatic heterocycles. The van der Waals surface area contributed by atoms with Crippen molar-refractivity contribution in [3.8, 4) is 0 Å². The molecule has 1 fully saturated rings. The van der Waals surface area contributed by atoms with E-state index in [1.54, 1.807) is 4.90 Å². The predicted molar refractivity (Wildman–Crippen MR) is 114 cm³/mol. The molecule has 1 atom stereocenters. The molecule has 0 bridgehead atoms. The molecule has 1 unspecified atom stereocenters. The van der Waals surface area contributed by atoms with Gasteiger partial charge in [-0.15, -0.1) is 0 Å². The van der Waals surface area contributed by atoms with Crippen LogP contribution in [-0.4, -0.2) is 35.2 Å². The third-order valence-electron chi connectivity index (χ3n) is 5.67. The maximum Gasteiger partial charge on any atom is 0.255 e. The molecule has 156 valence electrons. The lowest BCUT2D eigenvalue weighted by molar-refractivity contribution is -0.136. The lowest BCUT2D eigenvalue weighted by Gasteiger charge is -2.29. The molecule has 4 rings (SSSR count). The van der Waals surface area contributed by atoms with Crippen molar-refractivity contribution in [1.29, 1.82) is 0 Å². The molecule has 7 nitrogen and oxygen atoms in total. The maximum atomic E-state index is 12.9. The van der Waals surface area contributed by atoms with Crippen LogP contribution in [0, 0.1) is 0 Å². The minimum Gasteiger partial charge on any atom is -0.381 e. The van der Waals surface area contributed by atoms with Crippen molar-refractivity contribution in [2.75, 3.05) is 11.9 Å². The van der Waals surface area contributed by atoms with Crippen molar-refractivity contribution in [3.05, 3.63) is 64.7 Å². The summed E-state index contributed by atoms with van der Waals surface area (Å²) >= 11 is 0. The second-order valence-corrected chi connectivity index (χ2v) is 7.68. The van der Waals surface area contributed by atoms with Crippen molar-refractivity contribution < 1.29 is 14.4 Å². The van der Waals surface area contributed by atoms with E-state index in [-0.39, 0.29) is 24.1 Å². The molecule has 30 heavy (non-hydrogen) atoms. The summed E-state index contributed by atoms with van der Waals surface area (Å²) in [6, 6.07) is 13.4. The Hall–Kier alpha value is -3.19. The van der Waals surface area contributed by atoms with Gasteiger partial charge in [-0.1, -0.05) is 31.2 Å². The van der Waals surface area contributed by atoms with Gasteiger partial charge in [0.25, 0.3) is 5.91 Å². The Balaban J connectivity index is 1.48. The lowest BCUT2D eigenvalue weighted by Crippen LogP contribution is -2.52. The number of hydrogen-bond donors (Lipinski definition) is 3. The summed E-state index contributed by atoms with van der Waals surface area (Å²) in [5.74, 6) is -0.805. The molecule has 0 saturated carbocycles. The molecular formula is C23H26N4O3. The van der Waals surface area contributed by atoms with Gasteiger partial charge in [-0.05, 0) is 47.9 Å². The minimum absolute atomic E-state index is 0.144. The van der Waals surface area contributed by atoms with Crippen molar-refractivity contribution in [2.24, 2.45) is 0 Å². The summed E-state index contributed by atoms with van der Waals surface area (Å²) < 4.78 is 0. The van der Waals surface area contributed by atoms with E-state index in [0.29, 0.717) is 25.1 Å². The summed E-state index contributed by atoms with van der Waals surface area (Å²) in [6.07, 6.45) is 0.630. The van der Waals surface area contributed by atoms with E-state index >= 15 is 0 Å². The Morgan fingerprint density at radius 3 is 2.73 bits per heavy atom. The number of nitrogens with one attached hydrogen (secondary N) is 3. The quantitative estimate of drug-likeness (QED) is 0.613. The Morgan fingerprint density at radius 1 is 1.10 bits per heavy atom. The summed E-state index contributed by atoms with van der Waals surface area (Å²) in [5.41, 5.74) is 4.85. The first-order valence-electron chi connectivity index (χ1n) is 10.4. The highest BCUT2D eigenvalue weighted by Crippen LogP contribution is 2.30. The summed E-state index contributed by atoms with van der Waals surface area (Å²) in [6.45, 7) is 4.80. The minimum atomic E-state index is -0.592. The van der Waals surface area contributed by atoms with E-state index in [1.807, 2.05) is 30.3 Å². The molecule has 1 saturated heterocycles. The van der Waals surface area contributed by atoms with Crippen LogP contribution in [0.1, 0.15) is 46.8 Å². The SMILES string of the molecule is CCNCc1cccc(NCc2cccc3c2CN(C2CCC(=O)NC2=O)C3=O)c1. The Kier molecular flexibility index (Phi) is 5.81. The van der Waals surface area contributed by atoms with Gasteiger partial charge < -0.3 is 15.5 Å². The van der Waals surface area contributed by atoms with Gasteiger partial charge in [0.2, 0.25) is 11.8 Å². The maximum absolute atomic E-state index is 12.9. The van der Waals surface area contributed by atoms with Crippen molar-refractivity contribution in [2.45, 2.75) is 45.4 Å². The molecule has 0 aliphatic carbocycles. The monoisotopic (exact) mass is 406 g/mol. The van der Waals surface area contributed by atoms with Gasteiger partial charge in [-0.2, -0.15) is 0 Å². The fourth-order valence-electron chi connectivity index (χ4n) is 4.07. The summed E-state index contributed by atoms with van der Waals surface area (Å²) in [7, 11) is 0. The van der Waals surface area contributed by atoms with Crippen LogP contribution in [0.25, 0.3) is 0 Å². The largest absolute Gasteiger partial charge is 0.381 e. The predicted octanol–water partition coefficient (Wildman–Crippen LogP) is 2.17. The Bertz CT molecular complexity index is 988. The number of carbonyl (C=O) groups excluding carboxylic acids is 3. The van der Waals surface area contributed by atoms with Crippen molar-refractivity contribution in [1.82, 2.24) is 15.5 Å². The van der Waals surface area contributed by atoms with Gasteiger partial charge in [-0.25, -0.2) is 0 Å². The number of nitrogens with zero attached hydrogens (tertiary/aromatic N) is 1.